The number of benzene rings is 1. The lowest BCUT2D eigenvalue weighted by molar-refractivity contribution is -0.137. The Labute approximate surface area is 150 Å². The lowest BCUT2D eigenvalue weighted by atomic mass is 10.2. The first-order chi connectivity index (χ1) is 10.3. The molecule has 0 saturated heterocycles. The van der Waals surface area contributed by atoms with Gasteiger partial charge >= 0.3 is 6.18 Å². The molecule has 0 aliphatic carbocycles. The van der Waals surface area contributed by atoms with Crippen LogP contribution < -0.4 is 11.5 Å². The summed E-state index contributed by atoms with van der Waals surface area (Å²) in [6, 6.07) is 4.54. The van der Waals surface area contributed by atoms with E-state index in [0.717, 1.165) is 17.7 Å². The first kappa shape index (κ1) is 22.1. The minimum Gasteiger partial charge on any atom is -0.369 e. The summed E-state index contributed by atoms with van der Waals surface area (Å²) >= 11 is 0. The molecule has 1 aliphatic rings. The Morgan fingerprint density at radius 2 is 1.88 bits per heavy atom. The molecule has 1 heterocycles. The van der Waals surface area contributed by atoms with Gasteiger partial charge in [-0.1, -0.05) is 17.7 Å². The van der Waals surface area contributed by atoms with E-state index in [9.17, 15) is 13.2 Å². The molecule has 0 radical (unpaired) electrons. The van der Waals surface area contributed by atoms with Gasteiger partial charge in [0.05, 0.1) is 11.3 Å². The predicted octanol–water partition coefficient (Wildman–Crippen LogP) is 3.07. The third-order valence-corrected chi connectivity index (χ3v) is 3.07. The standard InChI is InChI=1S/C14H16F3N5.2ClH/c1-9-5-6-22(8-9)13(19)21-12(18)20-11-4-2-3-10(7-11)14(15,16)17;;/h2-5,7H,6,8H2,1H3,(H4,18,19,20,21);2*1H. The van der Waals surface area contributed by atoms with Gasteiger partial charge in [0, 0.05) is 13.1 Å². The van der Waals surface area contributed by atoms with E-state index in [-0.39, 0.29) is 42.4 Å². The average molecular weight is 384 g/mol. The van der Waals surface area contributed by atoms with E-state index in [0.29, 0.717) is 13.1 Å². The van der Waals surface area contributed by atoms with E-state index in [1.807, 2.05) is 13.0 Å². The fourth-order valence-corrected chi connectivity index (χ4v) is 1.97. The van der Waals surface area contributed by atoms with Crippen LogP contribution in [0.15, 0.2) is 45.9 Å². The molecule has 1 aromatic carbocycles. The molecule has 0 fully saturated rings. The molecule has 1 aliphatic heterocycles. The zero-order valence-corrected chi connectivity index (χ0v) is 14.4. The maximum atomic E-state index is 12.6. The van der Waals surface area contributed by atoms with Crippen LogP contribution in [0.2, 0.25) is 0 Å². The number of rotatable bonds is 1. The topological polar surface area (TPSA) is 80.0 Å². The Hall–Kier alpha value is -1.93. The highest BCUT2D eigenvalue weighted by atomic mass is 35.5. The molecule has 0 bridgehead atoms. The maximum Gasteiger partial charge on any atom is 0.416 e. The van der Waals surface area contributed by atoms with Gasteiger partial charge in [-0.2, -0.15) is 18.2 Å². The largest absolute Gasteiger partial charge is 0.416 e. The van der Waals surface area contributed by atoms with E-state index >= 15 is 0 Å². The number of nitrogens with two attached hydrogens (primary N) is 2. The van der Waals surface area contributed by atoms with Crippen molar-refractivity contribution in [1.29, 1.82) is 0 Å². The highest BCUT2D eigenvalue weighted by Crippen LogP contribution is 2.31. The zero-order chi connectivity index (χ0) is 16.3. The summed E-state index contributed by atoms with van der Waals surface area (Å²) in [5.41, 5.74) is 11.9. The molecule has 0 spiro atoms. The van der Waals surface area contributed by atoms with E-state index < -0.39 is 11.7 Å². The Kier molecular flexibility index (Phi) is 8.08. The van der Waals surface area contributed by atoms with Crippen LogP contribution in [0.3, 0.4) is 0 Å². The van der Waals surface area contributed by atoms with Crippen LogP contribution in [-0.4, -0.2) is 29.9 Å². The Bertz CT molecular complexity index is 656. The van der Waals surface area contributed by atoms with Gasteiger partial charge in [0.25, 0.3) is 0 Å². The normalized spacial score (nSPS) is 15.5. The number of aliphatic imine (C=N–C) groups is 2. The molecule has 0 aromatic heterocycles. The highest BCUT2D eigenvalue weighted by molar-refractivity contribution is 5.94. The Balaban J connectivity index is 0.00000264. The van der Waals surface area contributed by atoms with E-state index in [1.54, 1.807) is 4.90 Å². The van der Waals surface area contributed by atoms with Crippen LogP contribution in [-0.2, 0) is 6.18 Å². The number of hydrogen-bond acceptors (Lipinski definition) is 1. The molecule has 10 heteroatoms. The lowest BCUT2D eigenvalue weighted by Crippen LogP contribution is -2.37. The van der Waals surface area contributed by atoms with Crippen LogP contribution in [0.1, 0.15) is 12.5 Å². The summed E-state index contributed by atoms with van der Waals surface area (Å²) in [6.45, 7) is 3.23. The number of alkyl halides is 3. The van der Waals surface area contributed by atoms with Gasteiger partial charge in [0.1, 0.15) is 0 Å². The monoisotopic (exact) mass is 383 g/mol. The summed E-state index contributed by atoms with van der Waals surface area (Å²) in [4.78, 5) is 9.54. The van der Waals surface area contributed by atoms with Gasteiger partial charge in [-0.3, -0.25) is 0 Å². The minimum atomic E-state index is -4.43. The van der Waals surface area contributed by atoms with E-state index in [1.165, 1.54) is 12.1 Å². The molecule has 0 atom stereocenters. The van der Waals surface area contributed by atoms with Crippen LogP contribution in [0, 0.1) is 0 Å². The molecular weight excluding hydrogens is 366 g/mol. The summed E-state index contributed by atoms with van der Waals surface area (Å²) < 4.78 is 37.9. The zero-order valence-electron chi connectivity index (χ0n) is 12.7. The molecule has 2 rings (SSSR count). The quantitative estimate of drug-likeness (QED) is 0.444. The summed E-state index contributed by atoms with van der Waals surface area (Å²) in [5.74, 6) is -0.0114. The van der Waals surface area contributed by atoms with Gasteiger partial charge in [-0.15, -0.1) is 24.8 Å². The third kappa shape index (κ3) is 5.93. The van der Waals surface area contributed by atoms with E-state index in [4.69, 9.17) is 11.5 Å². The second-order valence-electron chi connectivity index (χ2n) is 4.92. The van der Waals surface area contributed by atoms with Gasteiger partial charge in [-0.25, -0.2) is 4.99 Å². The molecule has 134 valence electrons. The summed E-state index contributed by atoms with van der Waals surface area (Å²) in [6.07, 6.45) is -2.43. The van der Waals surface area contributed by atoms with Crippen LogP contribution >= 0.6 is 24.8 Å². The molecule has 4 N–H and O–H groups in total. The van der Waals surface area contributed by atoms with Gasteiger partial charge < -0.3 is 16.4 Å². The van der Waals surface area contributed by atoms with Crippen LogP contribution in [0.4, 0.5) is 18.9 Å². The highest BCUT2D eigenvalue weighted by Gasteiger charge is 2.30. The fourth-order valence-electron chi connectivity index (χ4n) is 1.97. The third-order valence-electron chi connectivity index (χ3n) is 3.07. The molecule has 1 aromatic rings. The maximum absolute atomic E-state index is 12.6. The van der Waals surface area contributed by atoms with Gasteiger partial charge in [-0.05, 0) is 25.1 Å². The second-order valence-corrected chi connectivity index (χ2v) is 4.92. The van der Waals surface area contributed by atoms with Crippen molar-refractivity contribution in [2.45, 2.75) is 13.1 Å². The number of hydrogen-bond donors (Lipinski definition) is 2. The van der Waals surface area contributed by atoms with Crippen molar-refractivity contribution >= 4 is 42.4 Å². The number of halogens is 5. The Morgan fingerprint density at radius 3 is 2.42 bits per heavy atom. The second kappa shape index (κ2) is 8.79. The molecule has 5 nitrogen and oxygen atoms in total. The van der Waals surface area contributed by atoms with Crippen molar-refractivity contribution in [1.82, 2.24) is 4.90 Å². The summed E-state index contributed by atoms with van der Waals surface area (Å²) in [5, 5.41) is 0. The van der Waals surface area contributed by atoms with Crippen molar-refractivity contribution in [3.8, 4) is 0 Å². The predicted molar refractivity (Wildman–Crippen MR) is 94.2 cm³/mol. The smallest absolute Gasteiger partial charge is 0.369 e. The van der Waals surface area contributed by atoms with Crippen molar-refractivity contribution in [3.63, 3.8) is 0 Å². The lowest BCUT2D eigenvalue weighted by Gasteiger charge is -2.16. The van der Waals surface area contributed by atoms with Crippen molar-refractivity contribution < 1.29 is 13.2 Å². The van der Waals surface area contributed by atoms with Gasteiger partial charge in [0.2, 0.25) is 5.96 Å². The molecule has 0 saturated carbocycles. The van der Waals surface area contributed by atoms with E-state index in [2.05, 4.69) is 9.98 Å². The molecule has 0 amide bonds. The fraction of sp³-hybridized carbons (Fsp3) is 0.286. The van der Waals surface area contributed by atoms with Crippen LogP contribution in [0.5, 0.6) is 0 Å². The molecule has 24 heavy (non-hydrogen) atoms. The van der Waals surface area contributed by atoms with Crippen molar-refractivity contribution in [2.75, 3.05) is 13.1 Å². The van der Waals surface area contributed by atoms with Crippen LogP contribution in [0.25, 0.3) is 0 Å². The minimum absolute atomic E-state index is 0. The summed E-state index contributed by atoms with van der Waals surface area (Å²) in [7, 11) is 0. The first-order valence-corrected chi connectivity index (χ1v) is 6.52. The Morgan fingerprint density at radius 1 is 1.21 bits per heavy atom. The number of guanidine groups is 2. The average Bonchev–Trinajstić information content (AvgIpc) is 2.84. The number of nitrogens with zero attached hydrogens (tertiary/aromatic N) is 3. The van der Waals surface area contributed by atoms with Gasteiger partial charge in [0.15, 0.2) is 5.96 Å². The SMILES string of the molecule is CC1=CCN(/C(N)=N\C(N)=Nc2cccc(C(F)(F)F)c2)C1.Cl.Cl. The van der Waals surface area contributed by atoms with Crippen molar-refractivity contribution in [2.24, 2.45) is 21.5 Å². The molecule has 0 unspecified atom stereocenters. The van der Waals surface area contributed by atoms with Crippen molar-refractivity contribution in [3.05, 3.63) is 41.5 Å². The molecular formula is C14H18Cl2F3N5. The first-order valence-electron chi connectivity index (χ1n) is 6.52.